The third kappa shape index (κ3) is 2.95. The zero-order valence-electron chi connectivity index (χ0n) is 10.2. The van der Waals surface area contributed by atoms with E-state index in [0.717, 1.165) is 24.7 Å². The smallest absolute Gasteiger partial charge is 0.105 e. The molecular formula is C15H14BrIO. The third-order valence-electron chi connectivity index (χ3n) is 2.97. The fourth-order valence-corrected chi connectivity index (χ4v) is 3.03. The first-order valence-electron chi connectivity index (χ1n) is 5.69. The predicted molar refractivity (Wildman–Crippen MR) is 86.8 cm³/mol. The molecule has 0 saturated heterocycles. The average Bonchev–Trinajstić information content (AvgIpc) is 2.31. The van der Waals surface area contributed by atoms with Gasteiger partial charge in [0.1, 0.15) is 6.10 Å². The SMILES string of the molecule is Cc1ccc(C(O)c2cc(Br)ccc2I)c(C)c1. The second-order valence-corrected chi connectivity index (χ2v) is 6.51. The van der Waals surface area contributed by atoms with Gasteiger partial charge < -0.3 is 5.11 Å². The van der Waals surface area contributed by atoms with Crippen LogP contribution in [0, 0.1) is 17.4 Å². The van der Waals surface area contributed by atoms with E-state index in [1.165, 1.54) is 5.56 Å². The third-order valence-corrected chi connectivity index (χ3v) is 4.45. The average molecular weight is 417 g/mol. The first kappa shape index (κ1) is 14.0. The standard InChI is InChI=1S/C15H14BrIO/c1-9-3-5-12(10(2)7-9)15(18)13-8-11(16)4-6-14(13)17/h3-8,15,18H,1-2H3. The molecule has 0 bridgehead atoms. The van der Waals surface area contributed by atoms with E-state index in [-0.39, 0.29) is 0 Å². The zero-order chi connectivity index (χ0) is 13.3. The largest absolute Gasteiger partial charge is 0.384 e. The molecule has 0 amide bonds. The van der Waals surface area contributed by atoms with Gasteiger partial charge >= 0.3 is 0 Å². The van der Waals surface area contributed by atoms with Crippen molar-refractivity contribution in [1.29, 1.82) is 0 Å². The summed E-state index contributed by atoms with van der Waals surface area (Å²) in [5.41, 5.74) is 4.25. The maximum absolute atomic E-state index is 10.5. The lowest BCUT2D eigenvalue weighted by Crippen LogP contribution is -2.04. The van der Waals surface area contributed by atoms with Gasteiger partial charge in [-0.1, -0.05) is 39.7 Å². The van der Waals surface area contributed by atoms with Crippen molar-refractivity contribution in [3.8, 4) is 0 Å². The van der Waals surface area contributed by atoms with Crippen molar-refractivity contribution in [3.05, 3.63) is 66.7 Å². The summed E-state index contributed by atoms with van der Waals surface area (Å²) in [7, 11) is 0. The van der Waals surface area contributed by atoms with Crippen molar-refractivity contribution in [2.75, 3.05) is 0 Å². The highest BCUT2D eigenvalue weighted by Gasteiger charge is 2.16. The molecule has 18 heavy (non-hydrogen) atoms. The van der Waals surface area contributed by atoms with Crippen molar-refractivity contribution in [2.45, 2.75) is 20.0 Å². The quantitative estimate of drug-likeness (QED) is 0.700. The van der Waals surface area contributed by atoms with Crippen LogP contribution >= 0.6 is 38.5 Å². The van der Waals surface area contributed by atoms with Crippen LogP contribution in [-0.4, -0.2) is 5.11 Å². The molecular weight excluding hydrogens is 403 g/mol. The Labute approximate surface area is 130 Å². The molecule has 2 rings (SSSR count). The van der Waals surface area contributed by atoms with E-state index in [0.29, 0.717) is 0 Å². The van der Waals surface area contributed by atoms with Crippen LogP contribution < -0.4 is 0 Å². The molecule has 2 aromatic carbocycles. The van der Waals surface area contributed by atoms with E-state index in [4.69, 9.17) is 0 Å². The van der Waals surface area contributed by atoms with Gasteiger partial charge in [0.15, 0.2) is 0 Å². The van der Waals surface area contributed by atoms with Gasteiger partial charge in [-0.05, 0) is 71.3 Å². The maximum Gasteiger partial charge on any atom is 0.105 e. The van der Waals surface area contributed by atoms with Gasteiger partial charge in [0.2, 0.25) is 0 Å². The highest BCUT2D eigenvalue weighted by Crippen LogP contribution is 2.30. The predicted octanol–water partition coefficient (Wildman–Crippen LogP) is 4.75. The van der Waals surface area contributed by atoms with Crippen LogP contribution in [0.2, 0.25) is 0 Å². The molecule has 1 atom stereocenters. The van der Waals surface area contributed by atoms with E-state index in [2.05, 4.69) is 51.5 Å². The Bertz CT molecular complexity index is 581. The molecule has 1 N–H and O–H groups in total. The first-order chi connectivity index (χ1) is 8.49. The first-order valence-corrected chi connectivity index (χ1v) is 7.56. The summed E-state index contributed by atoms with van der Waals surface area (Å²) >= 11 is 5.71. The number of aliphatic hydroxyl groups is 1. The Morgan fingerprint density at radius 2 is 1.78 bits per heavy atom. The van der Waals surface area contributed by atoms with Crippen LogP contribution in [0.3, 0.4) is 0 Å². The van der Waals surface area contributed by atoms with Crippen molar-refractivity contribution in [2.24, 2.45) is 0 Å². The second kappa shape index (κ2) is 5.72. The van der Waals surface area contributed by atoms with Crippen molar-refractivity contribution >= 4 is 38.5 Å². The minimum absolute atomic E-state index is 0.574. The highest BCUT2D eigenvalue weighted by molar-refractivity contribution is 14.1. The second-order valence-electron chi connectivity index (χ2n) is 4.43. The summed E-state index contributed by atoms with van der Waals surface area (Å²) in [6, 6.07) is 12.1. The molecule has 0 aliphatic rings. The summed E-state index contributed by atoms with van der Waals surface area (Å²) in [5, 5.41) is 10.5. The number of benzene rings is 2. The van der Waals surface area contributed by atoms with Gasteiger partial charge in [-0.15, -0.1) is 0 Å². The molecule has 2 aromatic rings. The van der Waals surface area contributed by atoms with E-state index in [1.807, 2.05) is 37.3 Å². The monoisotopic (exact) mass is 416 g/mol. The van der Waals surface area contributed by atoms with Gasteiger partial charge in [0.05, 0.1) is 0 Å². The highest BCUT2D eigenvalue weighted by atomic mass is 127. The molecule has 94 valence electrons. The van der Waals surface area contributed by atoms with Crippen molar-refractivity contribution in [1.82, 2.24) is 0 Å². The molecule has 1 nitrogen and oxygen atoms in total. The number of aliphatic hydroxyl groups excluding tert-OH is 1. The Kier molecular flexibility index (Phi) is 4.45. The summed E-state index contributed by atoms with van der Waals surface area (Å²) < 4.78 is 2.06. The van der Waals surface area contributed by atoms with Gasteiger partial charge in [-0.2, -0.15) is 0 Å². The lowest BCUT2D eigenvalue weighted by atomic mass is 9.96. The van der Waals surface area contributed by atoms with Gasteiger partial charge in [0, 0.05) is 8.04 Å². The summed E-state index contributed by atoms with van der Waals surface area (Å²) in [4.78, 5) is 0. The molecule has 0 radical (unpaired) electrons. The minimum atomic E-state index is -0.574. The van der Waals surface area contributed by atoms with Crippen LogP contribution in [0.25, 0.3) is 0 Å². The van der Waals surface area contributed by atoms with Gasteiger partial charge in [0.25, 0.3) is 0 Å². The van der Waals surface area contributed by atoms with Crippen LogP contribution in [0.15, 0.2) is 40.9 Å². The lowest BCUT2D eigenvalue weighted by Gasteiger charge is -2.16. The number of hydrogen-bond acceptors (Lipinski definition) is 1. The zero-order valence-corrected chi connectivity index (χ0v) is 14.0. The van der Waals surface area contributed by atoms with Crippen LogP contribution in [0.5, 0.6) is 0 Å². The lowest BCUT2D eigenvalue weighted by molar-refractivity contribution is 0.218. The Morgan fingerprint density at radius 1 is 1.06 bits per heavy atom. The van der Waals surface area contributed by atoms with Crippen LogP contribution in [-0.2, 0) is 0 Å². The summed E-state index contributed by atoms with van der Waals surface area (Å²) in [5.74, 6) is 0. The number of halogens is 2. The molecule has 0 saturated carbocycles. The van der Waals surface area contributed by atoms with Gasteiger partial charge in [-0.3, -0.25) is 0 Å². The Morgan fingerprint density at radius 3 is 2.44 bits per heavy atom. The normalized spacial score (nSPS) is 12.5. The van der Waals surface area contributed by atoms with E-state index >= 15 is 0 Å². The van der Waals surface area contributed by atoms with Crippen molar-refractivity contribution < 1.29 is 5.11 Å². The molecule has 0 aliphatic carbocycles. The Hall–Kier alpha value is -0.390. The minimum Gasteiger partial charge on any atom is -0.384 e. The Balaban J connectivity index is 2.47. The number of aryl methyl sites for hydroxylation is 2. The number of rotatable bonds is 2. The molecule has 0 aliphatic heterocycles. The fourth-order valence-electron chi connectivity index (χ4n) is 2.02. The molecule has 0 spiro atoms. The van der Waals surface area contributed by atoms with E-state index in [1.54, 1.807) is 0 Å². The van der Waals surface area contributed by atoms with Crippen LogP contribution in [0.1, 0.15) is 28.4 Å². The summed E-state index contributed by atoms with van der Waals surface area (Å²) in [6.07, 6.45) is -0.574. The van der Waals surface area contributed by atoms with E-state index in [9.17, 15) is 5.11 Å². The topological polar surface area (TPSA) is 20.2 Å². The molecule has 3 heteroatoms. The number of hydrogen-bond donors (Lipinski definition) is 1. The molecule has 0 heterocycles. The molecule has 0 fully saturated rings. The van der Waals surface area contributed by atoms with Crippen LogP contribution in [0.4, 0.5) is 0 Å². The van der Waals surface area contributed by atoms with Gasteiger partial charge in [-0.25, -0.2) is 0 Å². The summed E-state index contributed by atoms with van der Waals surface area (Å²) in [6.45, 7) is 4.10. The van der Waals surface area contributed by atoms with Crippen molar-refractivity contribution in [3.63, 3.8) is 0 Å². The fraction of sp³-hybridized carbons (Fsp3) is 0.200. The maximum atomic E-state index is 10.5. The molecule has 0 aromatic heterocycles. The van der Waals surface area contributed by atoms with E-state index < -0.39 is 6.10 Å². The molecule has 1 unspecified atom stereocenters.